The van der Waals surface area contributed by atoms with Crippen molar-refractivity contribution in [2.45, 2.75) is 27.2 Å². The molecule has 0 aliphatic rings. The predicted octanol–water partition coefficient (Wildman–Crippen LogP) is 3.33. The van der Waals surface area contributed by atoms with Gasteiger partial charge in [0.2, 0.25) is 5.95 Å². The Morgan fingerprint density at radius 2 is 1.91 bits per heavy atom. The zero-order valence-corrected chi connectivity index (χ0v) is 14.2. The van der Waals surface area contributed by atoms with Crippen LogP contribution < -0.4 is 10.2 Å². The molecule has 0 aliphatic carbocycles. The number of hydrogen-bond acceptors (Lipinski definition) is 4. The molecular weight excluding hydrogens is 288 g/mol. The smallest absolute Gasteiger partial charge is 0.270 e. The topological polar surface area (TPSA) is 58.1 Å². The lowest BCUT2D eigenvalue weighted by Gasteiger charge is -2.18. The van der Waals surface area contributed by atoms with Crippen molar-refractivity contribution in [3.63, 3.8) is 0 Å². The SMILES string of the molecule is Cc1cc(C(=O)NCCC(C)C)nc(N(C)c2ccccc2)n1. The minimum atomic E-state index is -0.154. The molecule has 2 rings (SSSR count). The lowest BCUT2D eigenvalue weighted by molar-refractivity contribution is 0.0947. The van der Waals surface area contributed by atoms with Crippen LogP contribution in [0.4, 0.5) is 11.6 Å². The van der Waals surface area contributed by atoms with E-state index in [1.807, 2.05) is 49.2 Å². The molecule has 0 aliphatic heterocycles. The largest absolute Gasteiger partial charge is 0.351 e. The number of benzene rings is 1. The molecule has 5 nitrogen and oxygen atoms in total. The summed E-state index contributed by atoms with van der Waals surface area (Å²) in [6.07, 6.45) is 0.951. The van der Waals surface area contributed by atoms with Crippen molar-refractivity contribution in [3.8, 4) is 0 Å². The van der Waals surface area contributed by atoms with Crippen LogP contribution in [0, 0.1) is 12.8 Å². The summed E-state index contributed by atoms with van der Waals surface area (Å²) in [6, 6.07) is 11.6. The molecule has 1 heterocycles. The van der Waals surface area contributed by atoms with Gasteiger partial charge in [0.15, 0.2) is 0 Å². The normalized spacial score (nSPS) is 10.7. The van der Waals surface area contributed by atoms with Gasteiger partial charge >= 0.3 is 0 Å². The van der Waals surface area contributed by atoms with Crippen LogP contribution in [0.25, 0.3) is 0 Å². The van der Waals surface area contributed by atoms with Crippen molar-refractivity contribution in [1.82, 2.24) is 15.3 Å². The first-order valence-electron chi connectivity index (χ1n) is 7.90. The average molecular weight is 312 g/mol. The van der Waals surface area contributed by atoms with Crippen LogP contribution >= 0.6 is 0 Å². The second-order valence-corrected chi connectivity index (χ2v) is 6.03. The summed E-state index contributed by atoms with van der Waals surface area (Å²) in [7, 11) is 1.89. The lowest BCUT2D eigenvalue weighted by atomic mass is 10.1. The number of nitrogens with one attached hydrogen (secondary N) is 1. The fraction of sp³-hybridized carbons (Fsp3) is 0.389. The minimum absolute atomic E-state index is 0.154. The van der Waals surface area contributed by atoms with E-state index >= 15 is 0 Å². The van der Waals surface area contributed by atoms with E-state index in [1.165, 1.54) is 0 Å². The molecule has 0 unspecified atom stereocenters. The average Bonchev–Trinajstić information content (AvgIpc) is 2.54. The summed E-state index contributed by atoms with van der Waals surface area (Å²) in [5.74, 6) is 0.922. The Morgan fingerprint density at radius 1 is 1.22 bits per heavy atom. The van der Waals surface area contributed by atoms with Gasteiger partial charge in [-0.05, 0) is 37.5 Å². The maximum Gasteiger partial charge on any atom is 0.270 e. The van der Waals surface area contributed by atoms with Crippen molar-refractivity contribution >= 4 is 17.5 Å². The maximum atomic E-state index is 12.3. The Morgan fingerprint density at radius 3 is 2.57 bits per heavy atom. The summed E-state index contributed by atoms with van der Waals surface area (Å²) in [6.45, 7) is 6.79. The standard InChI is InChI=1S/C18H24N4O/c1-13(2)10-11-19-17(23)16-12-14(3)20-18(21-16)22(4)15-8-6-5-7-9-15/h5-9,12-13H,10-11H2,1-4H3,(H,19,23). The van der Waals surface area contributed by atoms with Gasteiger partial charge in [-0.3, -0.25) is 4.79 Å². The molecular formula is C18H24N4O. The number of anilines is 2. The Balaban J connectivity index is 2.17. The number of carbonyl (C=O) groups is 1. The van der Waals surface area contributed by atoms with E-state index in [-0.39, 0.29) is 5.91 Å². The number of aryl methyl sites for hydroxylation is 1. The summed E-state index contributed by atoms with van der Waals surface area (Å²) < 4.78 is 0. The number of hydrogen-bond donors (Lipinski definition) is 1. The van der Waals surface area contributed by atoms with E-state index in [4.69, 9.17) is 0 Å². The zero-order valence-electron chi connectivity index (χ0n) is 14.2. The molecule has 0 radical (unpaired) electrons. The first-order valence-corrected chi connectivity index (χ1v) is 7.90. The van der Waals surface area contributed by atoms with Crippen LogP contribution in [-0.4, -0.2) is 29.5 Å². The molecule has 122 valence electrons. The number of rotatable bonds is 6. The van der Waals surface area contributed by atoms with Crippen molar-refractivity contribution in [3.05, 3.63) is 47.8 Å². The summed E-state index contributed by atoms with van der Waals surface area (Å²) >= 11 is 0. The molecule has 1 aromatic heterocycles. The van der Waals surface area contributed by atoms with Crippen molar-refractivity contribution < 1.29 is 4.79 Å². The Hall–Kier alpha value is -2.43. The minimum Gasteiger partial charge on any atom is -0.351 e. The highest BCUT2D eigenvalue weighted by Crippen LogP contribution is 2.20. The van der Waals surface area contributed by atoms with Crippen molar-refractivity contribution in [1.29, 1.82) is 0 Å². The third-order valence-corrected chi connectivity index (χ3v) is 3.53. The Kier molecular flexibility index (Phi) is 5.68. The molecule has 0 atom stereocenters. The summed E-state index contributed by atoms with van der Waals surface area (Å²) in [4.78, 5) is 23.0. The quantitative estimate of drug-likeness (QED) is 0.889. The van der Waals surface area contributed by atoms with Gasteiger partial charge in [0.25, 0.3) is 5.91 Å². The third-order valence-electron chi connectivity index (χ3n) is 3.53. The molecule has 0 saturated heterocycles. The monoisotopic (exact) mass is 312 g/mol. The van der Waals surface area contributed by atoms with Crippen LogP contribution in [0.3, 0.4) is 0 Å². The van der Waals surface area contributed by atoms with Crippen molar-refractivity contribution in [2.75, 3.05) is 18.5 Å². The first-order chi connectivity index (χ1) is 11.0. The number of para-hydroxylation sites is 1. The molecule has 0 saturated carbocycles. The third kappa shape index (κ3) is 4.77. The van der Waals surface area contributed by atoms with Gasteiger partial charge in [-0.2, -0.15) is 0 Å². The van der Waals surface area contributed by atoms with E-state index in [9.17, 15) is 4.79 Å². The van der Waals surface area contributed by atoms with Crippen LogP contribution in [0.1, 0.15) is 36.5 Å². The summed E-state index contributed by atoms with van der Waals surface area (Å²) in [5, 5.41) is 2.92. The highest BCUT2D eigenvalue weighted by molar-refractivity contribution is 5.92. The molecule has 1 aromatic carbocycles. The zero-order chi connectivity index (χ0) is 16.8. The van der Waals surface area contributed by atoms with Crippen LogP contribution in [0.5, 0.6) is 0 Å². The molecule has 0 bridgehead atoms. The maximum absolute atomic E-state index is 12.3. The van der Waals surface area contributed by atoms with E-state index in [2.05, 4.69) is 29.1 Å². The van der Waals surface area contributed by atoms with Gasteiger partial charge in [0.05, 0.1) is 0 Å². The van der Waals surface area contributed by atoms with Gasteiger partial charge in [-0.15, -0.1) is 0 Å². The number of nitrogens with zero attached hydrogens (tertiary/aromatic N) is 3. The number of aromatic nitrogens is 2. The molecule has 5 heteroatoms. The van der Waals surface area contributed by atoms with Crippen LogP contribution in [0.15, 0.2) is 36.4 Å². The molecule has 1 amide bonds. The second-order valence-electron chi connectivity index (χ2n) is 6.03. The number of carbonyl (C=O) groups excluding carboxylic acids is 1. The summed E-state index contributed by atoms with van der Waals surface area (Å²) in [5.41, 5.74) is 2.15. The number of amides is 1. The Labute approximate surface area is 137 Å². The van der Waals surface area contributed by atoms with E-state index < -0.39 is 0 Å². The van der Waals surface area contributed by atoms with Crippen LogP contribution in [-0.2, 0) is 0 Å². The van der Waals surface area contributed by atoms with E-state index in [1.54, 1.807) is 6.07 Å². The predicted molar refractivity (Wildman–Crippen MR) is 93.1 cm³/mol. The molecule has 0 spiro atoms. The van der Waals surface area contributed by atoms with Gasteiger partial charge < -0.3 is 10.2 Å². The molecule has 0 fully saturated rings. The molecule has 23 heavy (non-hydrogen) atoms. The highest BCUT2D eigenvalue weighted by atomic mass is 16.1. The second kappa shape index (κ2) is 7.72. The van der Waals surface area contributed by atoms with Crippen molar-refractivity contribution in [2.24, 2.45) is 5.92 Å². The Bertz CT molecular complexity index is 655. The van der Waals surface area contributed by atoms with Crippen LogP contribution in [0.2, 0.25) is 0 Å². The fourth-order valence-electron chi connectivity index (χ4n) is 2.15. The van der Waals surface area contributed by atoms with Gasteiger partial charge in [0, 0.05) is 25.0 Å². The van der Waals surface area contributed by atoms with Gasteiger partial charge in [-0.25, -0.2) is 9.97 Å². The van der Waals surface area contributed by atoms with E-state index in [0.29, 0.717) is 24.1 Å². The fourth-order valence-corrected chi connectivity index (χ4v) is 2.15. The van der Waals surface area contributed by atoms with E-state index in [0.717, 1.165) is 17.8 Å². The van der Waals surface area contributed by atoms with Gasteiger partial charge in [0.1, 0.15) is 5.69 Å². The highest BCUT2D eigenvalue weighted by Gasteiger charge is 2.13. The first kappa shape index (κ1) is 16.9. The molecule has 1 N–H and O–H groups in total. The molecule has 2 aromatic rings. The van der Waals surface area contributed by atoms with Gasteiger partial charge in [-0.1, -0.05) is 32.0 Å². The lowest BCUT2D eigenvalue weighted by Crippen LogP contribution is -2.27.